The normalized spacial score (nSPS) is 13.8. The number of fused-ring (bicyclic) bond motifs is 8. The molecule has 9 aromatic carbocycles. The van der Waals surface area contributed by atoms with Gasteiger partial charge in [-0.1, -0.05) is 141 Å². The van der Waals surface area contributed by atoms with E-state index in [9.17, 15) is 0 Å². The number of hydrogen-bond acceptors (Lipinski definition) is 1. The molecular weight excluding hydrogens is 597 g/mol. The summed E-state index contributed by atoms with van der Waals surface area (Å²) in [7, 11) is 0. The van der Waals surface area contributed by atoms with Crippen LogP contribution in [0, 0.1) is 0 Å². The number of hydrogen-bond donors (Lipinski definition) is 0. The van der Waals surface area contributed by atoms with Gasteiger partial charge < -0.3 is 0 Å². The summed E-state index contributed by atoms with van der Waals surface area (Å²) in [5.74, 6) is 0. The Balaban J connectivity index is 1.25. The Kier molecular flexibility index (Phi) is 5.15. The zero-order valence-electron chi connectivity index (χ0n) is 26.8. The molecular formula is C47H30S. The molecule has 11 rings (SSSR count). The highest BCUT2D eigenvalue weighted by atomic mass is 32.1. The largest absolute Gasteiger partial charge is 0.135 e. The van der Waals surface area contributed by atoms with Crippen LogP contribution in [0.4, 0.5) is 0 Å². The maximum atomic E-state index is 2.51. The summed E-state index contributed by atoms with van der Waals surface area (Å²) in [5.41, 5.74) is 10.8. The number of thiophene rings is 1. The minimum atomic E-state index is -0.0976. The summed E-state index contributed by atoms with van der Waals surface area (Å²) in [5, 5.41) is 13.2. The molecule has 48 heavy (non-hydrogen) atoms. The molecule has 0 atom stereocenters. The van der Waals surface area contributed by atoms with E-state index in [0.29, 0.717) is 0 Å². The van der Waals surface area contributed by atoms with E-state index in [-0.39, 0.29) is 5.41 Å². The van der Waals surface area contributed by atoms with Gasteiger partial charge in [-0.2, -0.15) is 0 Å². The Hall–Kier alpha value is -5.50. The summed E-state index contributed by atoms with van der Waals surface area (Å²) >= 11 is 1.95. The van der Waals surface area contributed by atoms with Gasteiger partial charge in [-0.25, -0.2) is 0 Å². The second-order valence-corrected chi connectivity index (χ2v) is 15.1. The van der Waals surface area contributed by atoms with Crippen molar-refractivity contribution >= 4 is 74.6 Å². The van der Waals surface area contributed by atoms with Crippen molar-refractivity contribution in [1.29, 1.82) is 0 Å². The fraction of sp³-hybridized carbons (Fsp3) is 0.0638. The van der Waals surface area contributed by atoms with Gasteiger partial charge in [-0.3, -0.25) is 0 Å². The van der Waals surface area contributed by atoms with Crippen molar-refractivity contribution in [3.05, 3.63) is 157 Å². The highest BCUT2D eigenvalue weighted by molar-refractivity contribution is 7.26. The third kappa shape index (κ3) is 3.39. The van der Waals surface area contributed by atoms with E-state index in [4.69, 9.17) is 0 Å². The van der Waals surface area contributed by atoms with E-state index in [0.717, 1.165) is 0 Å². The second-order valence-electron chi connectivity index (χ2n) is 14.0. The summed E-state index contributed by atoms with van der Waals surface area (Å²) in [6.07, 6.45) is 0. The molecule has 0 unspecified atom stereocenters. The molecule has 0 fully saturated rings. The summed E-state index contributed by atoms with van der Waals surface area (Å²) in [4.78, 5) is 0. The third-order valence-corrected chi connectivity index (χ3v) is 12.4. The standard InChI is InChI=1S/C47H30S/c1-47(2)40-13-7-5-12-37(40)44-38(26-39-34-11-6-8-14-41(34)48-46(39)45(44)47)33-22-18-29-19-23-35-32(21-17-28-20-24-36(33)43(29)42(28)35)31-16-15-27-9-3-4-10-30(27)25-31/h3-26H,1-2H3. The maximum Gasteiger partial charge on any atom is 0.0402 e. The lowest BCUT2D eigenvalue weighted by atomic mass is 9.80. The molecule has 0 nitrogen and oxygen atoms in total. The molecule has 1 aromatic heterocycles. The fourth-order valence-corrected chi connectivity index (χ4v) is 10.4. The van der Waals surface area contributed by atoms with Crippen LogP contribution in [0.15, 0.2) is 146 Å². The van der Waals surface area contributed by atoms with Crippen molar-refractivity contribution in [2.75, 3.05) is 0 Å². The molecule has 0 bridgehead atoms. The van der Waals surface area contributed by atoms with Crippen molar-refractivity contribution in [3.63, 3.8) is 0 Å². The molecule has 0 N–H and O–H groups in total. The Labute approximate surface area is 282 Å². The van der Waals surface area contributed by atoms with Crippen LogP contribution in [-0.2, 0) is 5.41 Å². The van der Waals surface area contributed by atoms with Crippen molar-refractivity contribution in [2.24, 2.45) is 0 Å². The van der Waals surface area contributed by atoms with Crippen LogP contribution < -0.4 is 0 Å². The van der Waals surface area contributed by atoms with Crippen LogP contribution >= 0.6 is 11.3 Å². The van der Waals surface area contributed by atoms with Gasteiger partial charge in [0.15, 0.2) is 0 Å². The maximum absolute atomic E-state index is 2.51. The molecule has 1 aliphatic rings. The van der Waals surface area contributed by atoms with E-state index >= 15 is 0 Å². The predicted molar refractivity (Wildman–Crippen MR) is 209 cm³/mol. The van der Waals surface area contributed by atoms with Crippen molar-refractivity contribution in [3.8, 4) is 33.4 Å². The summed E-state index contributed by atoms with van der Waals surface area (Å²) in [6, 6.07) is 54.9. The van der Waals surface area contributed by atoms with Gasteiger partial charge in [0, 0.05) is 25.6 Å². The summed E-state index contributed by atoms with van der Waals surface area (Å²) in [6.45, 7) is 4.84. The van der Waals surface area contributed by atoms with Crippen LogP contribution in [0.25, 0.3) is 96.6 Å². The van der Waals surface area contributed by atoms with Crippen LogP contribution in [0.3, 0.4) is 0 Å². The van der Waals surface area contributed by atoms with Gasteiger partial charge in [-0.05, 0) is 106 Å². The Bertz CT molecular complexity index is 2970. The first-order valence-electron chi connectivity index (χ1n) is 16.8. The second kappa shape index (κ2) is 9.31. The van der Waals surface area contributed by atoms with Crippen LogP contribution in [0.1, 0.15) is 25.0 Å². The smallest absolute Gasteiger partial charge is 0.0402 e. The lowest BCUT2D eigenvalue weighted by molar-refractivity contribution is 0.667. The van der Waals surface area contributed by atoms with Gasteiger partial charge in [0.05, 0.1) is 0 Å². The lowest BCUT2D eigenvalue weighted by Gasteiger charge is -2.23. The first-order valence-corrected chi connectivity index (χ1v) is 17.7. The van der Waals surface area contributed by atoms with Gasteiger partial charge in [-0.15, -0.1) is 11.3 Å². The Morgan fingerprint density at radius 3 is 1.92 bits per heavy atom. The topological polar surface area (TPSA) is 0 Å². The van der Waals surface area contributed by atoms with Crippen molar-refractivity contribution in [2.45, 2.75) is 19.3 Å². The molecule has 0 saturated heterocycles. The number of benzene rings is 9. The molecule has 1 heterocycles. The van der Waals surface area contributed by atoms with Crippen LogP contribution in [-0.4, -0.2) is 0 Å². The highest BCUT2D eigenvalue weighted by Crippen LogP contribution is 2.58. The lowest BCUT2D eigenvalue weighted by Crippen LogP contribution is -2.15. The molecule has 10 aromatic rings. The SMILES string of the molecule is CC1(C)c2ccccc2-c2c(-c3ccc4ccc5c(-c6ccc7ccccc7c6)ccc6ccc3c4c65)cc3c(sc4ccccc43)c21. The Morgan fingerprint density at radius 2 is 1.08 bits per heavy atom. The molecule has 0 aliphatic heterocycles. The molecule has 0 radical (unpaired) electrons. The van der Waals surface area contributed by atoms with Gasteiger partial charge >= 0.3 is 0 Å². The molecule has 0 amide bonds. The van der Waals surface area contributed by atoms with Gasteiger partial charge in [0.2, 0.25) is 0 Å². The fourth-order valence-electron chi connectivity index (χ4n) is 8.97. The Morgan fingerprint density at radius 1 is 0.438 bits per heavy atom. The van der Waals surface area contributed by atoms with E-state index in [1.165, 1.54) is 108 Å². The molecule has 1 heteroatoms. The van der Waals surface area contributed by atoms with Gasteiger partial charge in [0.25, 0.3) is 0 Å². The first kappa shape index (κ1) is 26.6. The average molecular weight is 627 g/mol. The minimum absolute atomic E-state index is 0.0976. The quantitative estimate of drug-likeness (QED) is 0.168. The van der Waals surface area contributed by atoms with E-state index in [1.54, 1.807) is 0 Å². The monoisotopic (exact) mass is 626 g/mol. The van der Waals surface area contributed by atoms with E-state index in [2.05, 4.69) is 159 Å². The number of rotatable bonds is 2. The minimum Gasteiger partial charge on any atom is -0.135 e. The molecule has 0 saturated carbocycles. The predicted octanol–water partition coefficient (Wildman–Crippen LogP) is 13.7. The van der Waals surface area contributed by atoms with E-state index < -0.39 is 0 Å². The van der Waals surface area contributed by atoms with Gasteiger partial charge in [0.1, 0.15) is 0 Å². The van der Waals surface area contributed by atoms with Crippen LogP contribution in [0.5, 0.6) is 0 Å². The first-order chi connectivity index (χ1) is 23.6. The zero-order chi connectivity index (χ0) is 31.7. The highest BCUT2D eigenvalue weighted by Gasteiger charge is 2.39. The van der Waals surface area contributed by atoms with Crippen molar-refractivity contribution in [1.82, 2.24) is 0 Å². The molecule has 1 aliphatic carbocycles. The molecule has 0 spiro atoms. The zero-order valence-corrected chi connectivity index (χ0v) is 27.6. The van der Waals surface area contributed by atoms with Crippen LogP contribution in [0.2, 0.25) is 0 Å². The van der Waals surface area contributed by atoms with Crippen molar-refractivity contribution < 1.29 is 0 Å². The van der Waals surface area contributed by atoms with E-state index in [1.807, 2.05) is 11.3 Å². The summed E-state index contributed by atoms with van der Waals surface area (Å²) < 4.78 is 2.78. The average Bonchev–Trinajstić information content (AvgIpc) is 3.62. The third-order valence-electron chi connectivity index (χ3n) is 11.2. The molecule has 224 valence electrons.